The minimum Gasteiger partial charge on any atom is -0.379 e. The van der Waals surface area contributed by atoms with Gasteiger partial charge in [-0.3, -0.25) is 4.90 Å². The van der Waals surface area contributed by atoms with Crippen LogP contribution in [0.2, 0.25) is 0 Å². The molecule has 2 aliphatic heterocycles. The molecule has 2 saturated heterocycles. The molecule has 6 heteroatoms. The van der Waals surface area contributed by atoms with Crippen LogP contribution in [0.1, 0.15) is 36.8 Å². The molecule has 1 aromatic rings. The zero-order chi connectivity index (χ0) is 13.6. The van der Waals surface area contributed by atoms with Gasteiger partial charge in [-0.1, -0.05) is 0 Å². The lowest BCUT2D eigenvalue weighted by Gasteiger charge is -2.43. The van der Waals surface area contributed by atoms with E-state index >= 15 is 0 Å². The Labute approximate surface area is 119 Å². The van der Waals surface area contributed by atoms with Crippen molar-refractivity contribution in [2.45, 2.75) is 37.3 Å². The topological polar surface area (TPSA) is 52.4 Å². The summed E-state index contributed by atoms with van der Waals surface area (Å²) in [6, 6.07) is 0. The average molecular weight is 278 g/mol. The molecule has 6 nitrogen and oxygen atoms in total. The van der Waals surface area contributed by atoms with Gasteiger partial charge < -0.3 is 14.0 Å². The van der Waals surface area contributed by atoms with E-state index in [1.54, 1.807) is 0 Å². The van der Waals surface area contributed by atoms with Crippen LogP contribution in [0.15, 0.2) is 0 Å². The smallest absolute Gasteiger partial charge is 0.146 e. The second-order valence-electron chi connectivity index (χ2n) is 6.31. The SMILES string of the molecule is Cn1c(CN2CCOCC23CCOC3)nnc1C1CC1. The zero-order valence-electron chi connectivity index (χ0n) is 12.0. The van der Waals surface area contributed by atoms with Crippen LogP contribution in [0.5, 0.6) is 0 Å². The van der Waals surface area contributed by atoms with Crippen LogP contribution in [0.4, 0.5) is 0 Å². The lowest BCUT2D eigenvalue weighted by molar-refractivity contribution is -0.0762. The van der Waals surface area contributed by atoms with Crippen molar-refractivity contribution in [3.63, 3.8) is 0 Å². The number of nitrogens with zero attached hydrogens (tertiary/aromatic N) is 4. The summed E-state index contributed by atoms with van der Waals surface area (Å²) >= 11 is 0. The molecule has 4 rings (SSSR count). The number of ether oxygens (including phenoxy) is 2. The summed E-state index contributed by atoms with van der Waals surface area (Å²) in [6.07, 6.45) is 3.59. The second kappa shape index (κ2) is 4.79. The van der Waals surface area contributed by atoms with Crippen molar-refractivity contribution < 1.29 is 9.47 Å². The van der Waals surface area contributed by atoms with Gasteiger partial charge in [-0.15, -0.1) is 10.2 Å². The molecule has 1 spiro atoms. The van der Waals surface area contributed by atoms with Crippen LogP contribution in [0.25, 0.3) is 0 Å². The molecule has 1 aliphatic carbocycles. The zero-order valence-corrected chi connectivity index (χ0v) is 12.0. The molecule has 0 radical (unpaired) electrons. The van der Waals surface area contributed by atoms with Crippen molar-refractivity contribution in [1.29, 1.82) is 0 Å². The van der Waals surface area contributed by atoms with Crippen molar-refractivity contribution in [2.75, 3.05) is 33.0 Å². The Kier molecular flexibility index (Phi) is 3.05. The standard InChI is InChI=1S/C14H22N4O2/c1-17-12(15-16-13(17)11-2-3-11)8-18-5-7-20-10-14(18)4-6-19-9-14/h11H,2-10H2,1H3. The highest BCUT2D eigenvalue weighted by Gasteiger charge is 2.43. The number of hydrogen-bond donors (Lipinski definition) is 0. The lowest BCUT2D eigenvalue weighted by atomic mass is 9.96. The second-order valence-corrected chi connectivity index (χ2v) is 6.31. The third kappa shape index (κ3) is 2.06. The Morgan fingerprint density at radius 1 is 1.20 bits per heavy atom. The molecular weight excluding hydrogens is 256 g/mol. The first-order valence-electron chi connectivity index (χ1n) is 7.57. The normalized spacial score (nSPS) is 31.2. The van der Waals surface area contributed by atoms with Crippen LogP contribution in [0.3, 0.4) is 0 Å². The molecule has 1 unspecified atom stereocenters. The molecule has 0 amide bonds. The first kappa shape index (κ1) is 12.7. The van der Waals surface area contributed by atoms with E-state index in [1.807, 2.05) is 0 Å². The van der Waals surface area contributed by atoms with Gasteiger partial charge in [0.15, 0.2) is 0 Å². The molecule has 3 heterocycles. The monoisotopic (exact) mass is 278 g/mol. The Balaban J connectivity index is 1.54. The van der Waals surface area contributed by atoms with E-state index in [9.17, 15) is 0 Å². The van der Waals surface area contributed by atoms with Crippen molar-refractivity contribution in [2.24, 2.45) is 7.05 Å². The molecule has 1 atom stereocenters. The molecule has 110 valence electrons. The van der Waals surface area contributed by atoms with Gasteiger partial charge in [0.2, 0.25) is 0 Å². The highest BCUT2D eigenvalue weighted by Crippen LogP contribution is 2.39. The van der Waals surface area contributed by atoms with Gasteiger partial charge in [-0.2, -0.15) is 0 Å². The third-order valence-electron chi connectivity index (χ3n) is 4.90. The molecule has 0 aromatic carbocycles. The van der Waals surface area contributed by atoms with Gasteiger partial charge >= 0.3 is 0 Å². The predicted octanol–water partition coefficient (Wildman–Crippen LogP) is 0.684. The summed E-state index contributed by atoms with van der Waals surface area (Å²) in [5.41, 5.74) is 0.0595. The minimum absolute atomic E-state index is 0.0595. The average Bonchev–Trinajstić information content (AvgIpc) is 3.09. The number of hydrogen-bond acceptors (Lipinski definition) is 5. The fourth-order valence-electron chi connectivity index (χ4n) is 3.35. The fraction of sp³-hybridized carbons (Fsp3) is 0.857. The first-order valence-corrected chi connectivity index (χ1v) is 7.57. The van der Waals surface area contributed by atoms with Crippen LogP contribution >= 0.6 is 0 Å². The molecule has 1 aromatic heterocycles. The maximum atomic E-state index is 5.69. The summed E-state index contributed by atoms with van der Waals surface area (Å²) < 4.78 is 13.5. The maximum Gasteiger partial charge on any atom is 0.146 e. The summed E-state index contributed by atoms with van der Waals surface area (Å²) in [4.78, 5) is 2.49. The van der Waals surface area contributed by atoms with Gasteiger partial charge in [-0.25, -0.2) is 0 Å². The molecule has 0 bridgehead atoms. The fourth-order valence-corrected chi connectivity index (χ4v) is 3.35. The quantitative estimate of drug-likeness (QED) is 0.814. The largest absolute Gasteiger partial charge is 0.379 e. The minimum atomic E-state index is 0.0595. The van der Waals surface area contributed by atoms with E-state index in [2.05, 4.69) is 26.7 Å². The van der Waals surface area contributed by atoms with Gasteiger partial charge in [0, 0.05) is 26.1 Å². The van der Waals surface area contributed by atoms with E-state index in [4.69, 9.17) is 9.47 Å². The van der Waals surface area contributed by atoms with Gasteiger partial charge in [0.25, 0.3) is 0 Å². The highest BCUT2D eigenvalue weighted by atomic mass is 16.5. The number of rotatable bonds is 3. The van der Waals surface area contributed by atoms with Crippen LogP contribution in [-0.2, 0) is 23.1 Å². The highest BCUT2D eigenvalue weighted by molar-refractivity contribution is 5.08. The summed E-state index contributed by atoms with van der Waals surface area (Å²) in [6.45, 7) is 5.00. The molecule has 3 fully saturated rings. The number of morpholine rings is 1. The van der Waals surface area contributed by atoms with Crippen LogP contribution < -0.4 is 0 Å². The molecular formula is C14H22N4O2. The Morgan fingerprint density at radius 2 is 2.00 bits per heavy atom. The molecule has 20 heavy (non-hydrogen) atoms. The van der Waals surface area contributed by atoms with E-state index in [0.29, 0.717) is 5.92 Å². The van der Waals surface area contributed by atoms with E-state index in [0.717, 1.165) is 57.6 Å². The Hall–Kier alpha value is -0.980. The van der Waals surface area contributed by atoms with E-state index in [-0.39, 0.29) is 5.54 Å². The Bertz CT molecular complexity index is 491. The number of aromatic nitrogens is 3. The summed E-state index contributed by atoms with van der Waals surface area (Å²) in [5.74, 6) is 2.87. The Morgan fingerprint density at radius 3 is 2.75 bits per heavy atom. The summed E-state index contributed by atoms with van der Waals surface area (Å²) in [5, 5.41) is 8.80. The summed E-state index contributed by atoms with van der Waals surface area (Å²) in [7, 11) is 2.10. The van der Waals surface area contributed by atoms with E-state index in [1.165, 1.54) is 12.8 Å². The first-order chi connectivity index (χ1) is 9.78. The molecule has 0 N–H and O–H groups in total. The maximum absolute atomic E-state index is 5.69. The van der Waals surface area contributed by atoms with E-state index < -0.39 is 0 Å². The van der Waals surface area contributed by atoms with Gasteiger partial charge in [0.1, 0.15) is 11.6 Å². The van der Waals surface area contributed by atoms with Crippen molar-refractivity contribution in [3.05, 3.63) is 11.6 Å². The molecule has 1 saturated carbocycles. The van der Waals surface area contributed by atoms with Crippen LogP contribution in [0, 0.1) is 0 Å². The lowest BCUT2D eigenvalue weighted by Crippen LogP contribution is -2.57. The third-order valence-corrected chi connectivity index (χ3v) is 4.90. The van der Waals surface area contributed by atoms with Crippen molar-refractivity contribution >= 4 is 0 Å². The molecule has 3 aliphatic rings. The van der Waals surface area contributed by atoms with Gasteiger partial charge in [0.05, 0.1) is 31.9 Å². The predicted molar refractivity (Wildman–Crippen MR) is 72.4 cm³/mol. The van der Waals surface area contributed by atoms with Crippen LogP contribution in [-0.4, -0.2) is 58.2 Å². The van der Waals surface area contributed by atoms with Gasteiger partial charge in [-0.05, 0) is 19.3 Å². The van der Waals surface area contributed by atoms with Crippen molar-refractivity contribution in [3.8, 4) is 0 Å². The van der Waals surface area contributed by atoms with Crippen molar-refractivity contribution in [1.82, 2.24) is 19.7 Å².